The number of rotatable bonds is 3. The first-order chi connectivity index (χ1) is 9.74. The van der Waals surface area contributed by atoms with Crippen molar-refractivity contribution in [2.45, 2.75) is 5.92 Å². The van der Waals surface area contributed by atoms with Gasteiger partial charge in [-0.1, -0.05) is 0 Å². The summed E-state index contributed by atoms with van der Waals surface area (Å²) >= 11 is 0. The van der Waals surface area contributed by atoms with Crippen molar-refractivity contribution in [3.05, 3.63) is 42.5 Å². The summed E-state index contributed by atoms with van der Waals surface area (Å²) in [6.07, 6.45) is 7.15. The third-order valence-electron chi connectivity index (χ3n) is 3.63. The number of hydrogen-bond donors (Lipinski definition) is 2. The van der Waals surface area contributed by atoms with Crippen LogP contribution in [0.4, 0.5) is 5.69 Å². The van der Waals surface area contributed by atoms with E-state index in [0.29, 0.717) is 6.54 Å². The Labute approximate surface area is 117 Å². The molecule has 20 heavy (non-hydrogen) atoms. The van der Waals surface area contributed by atoms with Gasteiger partial charge in [-0.15, -0.1) is 0 Å². The van der Waals surface area contributed by atoms with E-state index in [2.05, 4.69) is 20.7 Å². The van der Waals surface area contributed by atoms with E-state index in [0.717, 1.165) is 17.8 Å². The minimum atomic E-state index is -0.0839. The Bertz CT molecular complexity index is 595. The number of aryl methyl sites for hydroxylation is 1. The van der Waals surface area contributed by atoms with Crippen LogP contribution in [0.1, 0.15) is 11.5 Å². The summed E-state index contributed by atoms with van der Waals surface area (Å²) in [5, 5.41) is 10.4. The molecule has 1 aliphatic rings. The Balaban J connectivity index is 1.73. The summed E-state index contributed by atoms with van der Waals surface area (Å²) < 4.78 is 1.77. The highest BCUT2D eigenvalue weighted by atomic mass is 16.1. The zero-order valence-corrected chi connectivity index (χ0v) is 11.3. The molecule has 2 N–H and O–H groups in total. The van der Waals surface area contributed by atoms with Crippen LogP contribution in [-0.4, -0.2) is 33.8 Å². The van der Waals surface area contributed by atoms with Crippen molar-refractivity contribution in [2.75, 3.05) is 18.4 Å². The normalized spacial score (nSPS) is 21.9. The first-order valence-electron chi connectivity index (χ1n) is 6.64. The third-order valence-corrected chi connectivity index (χ3v) is 3.63. The van der Waals surface area contributed by atoms with Crippen LogP contribution < -0.4 is 10.6 Å². The molecule has 2 atom stereocenters. The zero-order valence-electron chi connectivity index (χ0n) is 11.3. The Morgan fingerprint density at radius 2 is 2.35 bits per heavy atom. The molecule has 6 heteroatoms. The lowest BCUT2D eigenvalue weighted by Gasteiger charge is -2.16. The zero-order chi connectivity index (χ0) is 13.9. The maximum Gasteiger partial charge on any atom is 0.229 e. The van der Waals surface area contributed by atoms with Crippen LogP contribution in [0.5, 0.6) is 0 Å². The molecule has 104 valence electrons. The summed E-state index contributed by atoms with van der Waals surface area (Å²) in [6.45, 7) is 1.49. The second-order valence-electron chi connectivity index (χ2n) is 5.05. The summed E-state index contributed by atoms with van der Waals surface area (Å²) in [7, 11) is 1.89. The SMILES string of the molecule is Cn1cc([C@H]2CNC[C@@H]2C(=O)Nc2cccnc2)cn1. The fourth-order valence-electron chi connectivity index (χ4n) is 2.61. The molecule has 1 fully saturated rings. The fraction of sp³-hybridized carbons (Fsp3) is 0.357. The monoisotopic (exact) mass is 271 g/mol. The Kier molecular flexibility index (Phi) is 3.47. The third kappa shape index (κ3) is 2.55. The van der Waals surface area contributed by atoms with Gasteiger partial charge in [0.15, 0.2) is 0 Å². The fourth-order valence-corrected chi connectivity index (χ4v) is 2.61. The number of nitrogens with one attached hydrogen (secondary N) is 2. The second kappa shape index (κ2) is 5.42. The van der Waals surface area contributed by atoms with Crippen molar-refractivity contribution in [2.24, 2.45) is 13.0 Å². The number of carbonyl (C=O) groups excluding carboxylic acids is 1. The largest absolute Gasteiger partial charge is 0.324 e. The van der Waals surface area contributed by atoms with Gasteiger partial charge in [0.1, 0.15) is 0 Å². The molecule has 1 aliphatic heterocycles. The van der Waals surface area contributed by atoms with Crippen LogP contribution in [0, 0.1) is 5.92 Å². The first-order valence-corrected chi connectivity index (χ1v) is 6.64. The van der Waals surface area contributed by atoms with Crippen molar-refractivity contribution in [3.8, 4) is 0 Å². The van der Waals surface area contributed by atoms with Gasteiger partial charge in [-0.3, -0.25) is 14.5 Å². The van der Waals surface area contributed by atoms with Crippen LogP contribution >= 0.6 is 0 Å². The lowest BCUT2D eigenvalue weighted by molar-refractivity contribution is -0.119. The van der Waals surface area contributed by atoms with Gasteiger partial charge in [0.2, 0.25) is 5.91 Å². The molecule has 0 spiro atoms. The molecule has 3 rings (SSSR count). The van der Waals surface area contributed by atoms with Gasteiger partial charge in [-0.2, -0.15) is 5.10 Å². The van der Waals surface area contributed by atoms with Crippen molar-refractivity contribution < 1.29 is 4.79 Å². The number of nitrogens with zero attached hydrogens (tertiary/aromatic N) is 3. The highest BCUT2D eigenvalue weighted by molar-refractivity contribution is 5.93. The number of aromatic nitrogens is 3. The molecule has 0 bridgehead atoms. The van der Waals surface area contributed by atoms with E-state index in [-0.39, 0.29) is 17.7 Å². The number of pyridine rings is 1. The average Bonchev–Trinajstić information content (AvgIpc) is 3.08. The van der Waals surface area contributed by atoms with Gasteiger partial charge < -0.3 is 10.6 Å². The molecule has 0 radical (unpaired) electrons. The number of hydrogen-bond acceptors (Lipinski definition) is 4. The number of anilines is 1. The molecule has 0 saturated carbocycles. The van der Waals surface area contributed by atoms with Gasteiger partial charge in [0.05, 0.1) is 24.0 Å². The van der Waals surface area contributed by atoms with Crippen LogP contribution in [0.15, 0.2) is 36.9 Å². The smallest absolute Gasteiger partial charge is 0.229 e. The number of amides is 1. The van der Waals surface area contributed by atoms with Crippen molar-refractivity contribution >= 4 is 11.6 Å². The Hall–Kier alpha value is -2.21. The van der Waals surface area contributed by atoms with E-state index in [1.165, 1.54) is 0 Å². The second-order valence-corrected chi connectivity index (χ2v) is 5.05. The van der Waals surface area contributed by atoms with E-state index in [9.17, 15) is 4.79 Å². The molecule has 2 aromatic rings. The average molecular weight is 271 g/mol. The van der Waals surface area contributed by atoms with E-state index >= 15 is 0 Å². The van der Waals surface area contributed by atoms with Crippen molar-refractivity contribution in [1.82, 2.24) is 20.1 Å². The summed E-state index contributed by atoms with van der Waals surface area (Å²) in [5.74, 6) is 0.108. The lowest BCUT2D eigenvalue weighted by Crippen LogP contribution is -2.28. The van der Waals surface area contributed by atoms with Crippen molar-refractivity contribution in [1.29, 1.82) is 0 Å². The summed E-state index contributed by atoms with van der Waals surface area (Å²) in [4.78, 5) is 16.4. The van der Waals surface area contributed by atoms with Crippen LogP contribution in [0.3, 0.4) is 0 Å². The molecule has 0 aliphatic carbocycles. The topological polar surface area (TPSA) is 71.8 Å². The molecule has 1 amide bonds. The molecule has 3 heterocycles. The molecule has 2 aromatic heterocycles. The van der Waals surface area contributed by atoms with E-state index in [1.54, 1.807) is 23.1 Å². The Morgan fingerprint density at radius 3 is 3.05 bits per heavy atom. The van der Waals surface area contributed by atoms with E-state index in [4.69, 9.17) is 0 Å². The van der Waals surface area contributed by atoms with Crippen LogP contribution in [-0.2, 0) is 11.8 Å². The van der Waals surface area contributed by atoms with Crippen molar-refractivity contribution in [3.63, 3.8) is 0 Å². The predicted molar refractivity (Wildman–Crippen MR) is 75.2 cm³/mol. The standard InChI is InChI=1S/C14H17N5O/c1-19-9-10(5-17-19)12-7-16-8-13(12)14(20)18-11-3-2-4-15-6-11/h2-6,9,12-13,16H,7-8H2,1H3,(H,18,20)/t12-,13+/m1/s1. The first kappa shape index (κ1) is 12.8. The predicted octanol–water partition coefficient (Wildman–Crippen LogP) is 0.757. The van der Waals surface area contributed by atoms with Gasteiger partial charge in [-0.25, -0.2) is 0 Å². The lowest BCUT2D eigenvalue weighted by atomic mass is 9.90. The molecular weight excluding hydrogens is 254 g/mol. The molecule has 1 saturated heterocycles. The van der Waals surface area contributed by atoms with Gasteiger partial charge in [0, 0.05) is 38.4 Å². The van der Waals surface area contributed by atoms with Gasteiger partial charge >= 0.3 is 0 Å². The maximum absolute atomic E-state index is 12.4. The van der Waals surface area contributed by atoms with E-state index < -0.39 is 0 Å². The minimum Gasteiger partial charge on any atom is -0.324 e. The molecule has 0 aromatic carbocycles. The van der Waals surface area contributed by atoms with Gasteiger partial charge in [-0.05, 0) is 17.7 Å². The highest BCUT2D eigenvalue weighted by Crippen LogP contribution is 2.28. The number of carbonyl (C=O) groups is 1. The van der Waals surface area contributed by atoms with E-state index in [1.807, 2.05) is 25.5 Å². The minimum absolute atomic E-state index is 0.0249. The maximum atomic E-state index is 12.4. The highest BCUT2D eigenvalue weighted by Gasteiger charge is 2.34. The summed E-state index contributed by atoms with van der Waals surface area (Å²) in [5.41, 5.74) is 1.83. The molecule has 0 unspecified atom stereocenters. The van der Waals surface area contributed by atoms with Crippen LogP contribution in [0.25, 0.3) is 0 Å². The molecule has 6 nitrogen and oxygen atoms in total. The van der Waals surface area contributed by atoms with Gasteiger partial charge in [0.25, 0.3) is 0 Å². The van der Waals surface area contributed by atoms with Crippen LogP contribution in [0.2, 0.25) is 0 Å². The molecular formula is C14H17N5O. The summed E-state index contributed by atoms with van der Waals surface area (Å²) in [6, 6.07) is 3.65. The quantitative estimate of drug-likeness (QED) is 0.864. The Morgan fingerprint density at radius 1 is 1.45 bits per heavy atom.